The van der Waals surface area contributed by atoms with Crippen molar-refractivity contribution in [1.29, 1.82) is 0 Å². The highest BCUT2D eigenvalue weighted by atomic mass is 35.5. The molecule has 2 N–H and O–H groups in total. The highest BCUT2D eigenvalue weighted by molar-refractivity contribution is 6.31. The number of amides is 2. The SMILES string of the molecule is O=C(CCCC(=O)NN=Cc1cccc(Cl)c1)NN=Cc1cccc(Cl)c1. The van der Waals surface area contributed by atoms with Crippen LogP contribution in [0.3, 0.4) is 0 Å². The maximum atomic E-state index is 11.7. The molecular formula is C19H18Cl2N4O2. The van der Waals surface area contributed by atoms with Gasteiger partial charge in [0, 0.05) is 22.9 Å². The number of carbonyl (C=O) groups excluding carboxylic acids is 2. The standard InChI is InChI=1S/C19H18Cl2N4O2/c20-16-6-1-4-14(10-16)12-22-24-18(26)8-3-9-19(27)25-23-13-15-5-2-7-17(21)11-15/h1-2,4-7,10-13H,3,8-9H2,(H,24,26)(H,25,27). The molecule has 0 atom stereocenters. The molecule has 0 bridgehead atoms. The van der Waals surface area contributed by atoms with Crippen molar-refractivity contribution in [2.24, 2.45) is 10.2 Å². The van der Waals surface area contributed by atoms with Crippen LogP contribution in [0.25, 0.3) is 0 Å². The molecule has 0 aromatic heterocycles. The van der Waals surface area contributed by atoms with Gasteiger partial charge >= 0.3 is 0 Å². The number of rotatable bonds is 8. The lowest BCUT2D eigenvalue weighted by Gasteiger charge is -2.01. The van der Waals surface area contributed by atoms with Crippen molar-refractivity contribution < 1.29 is 9.59 Å². The van der Waals surface area contributed by atoms with E-state index in [9.17, 15) is 9.59 Å². The van der Waals surface area contributed by atoms with Gasteiger partial charge in [0.05, 0.1) is 12.4 Å². The molecule has 0 saturated heterocycles. The van der Waals surface area contributed by atoms with E-state index < -0.39 is 0 Å². The Balaban J connectivity index is 1.63. The summed E-state index contributed by atoms with van der Waals surface area (Å²) in [6.45, 7) is 0. The Labute approximate surface area is 167 Å². The minimum absolute atomic E-state index is 0.179. The topological polar surface area (TPSA) is 82.9 Å². The number of halogens is 2. The molecule has 0 fully saturated rings. The Kier molecular flexibility index (Phi) is 8.48. The fourth-order valence-corrected chi connectivity index (χ4v) is 2.45. The first-order chi connectivity index (χ1) is 13.0. The monoisotopic (exact) mass is 404 g/mol. The van der Waals surface area contributed by atoms with Gasteiger partial charge in [0.2, 0.25) is 11.8 Å². The molecule has 2 aromatic rings. The number of hydrogen-bond acceptors (Lipinski definition) is 4. The number of hydrogen-bond donors (Lipinski definition) is 2. The first kappa shape index (κ1) is 20.6. The van der Waals surface area contributed by atoms with Crippen molar-refractivity contribution in [3.8, 4) is 0 Å². The molecule has 0 saturated carbocycles. The fourth-order valence-electron chi connectivity index (χ4n) is 2.05. The van der Waals surface area contributed by atoms with Crippen molar-refractivity contribution >= 4 is 47.4 Å². The average molecular weight is 405 g/mol. The average Bonchev–Trinajstić information content (AvgIpc) is 2.62. The largest absolute Gasteiger partial charge is 0.273 e. The van der Waals surface area contributed by atoms with E-state index in [0.29, 0.717) is 16.5 Å². The third-order valence-electron chi connectivity index (χ3n) is 3.31. The zero-order valence-corrected chi connectivity index (χ0v) is 15.9. The van der Waals surface area contributed by atoms with Gasteiger partial charge in [-0.05, 0) is 41.8 Å². The minimum atomic E-state index is -0.275. The van der Waals surface area contributed by atoms with Crippen molar-refractivity contribution in [3.63, 3.8) is 0 Å². The van der Waals surface area contributed by atoms with Crippen LogP contribution in [0.15, 0.2) is 58.7 Å². The van der Waals surface area contributed by atoms with Crippen LogP contribution >= 0.6 is 23.2 Å². The molecule has 0 aliphatic carbocycles. The van der Waals surface area contributed by atoms with Gasteiger partial charge in [-0.3, -0.25) is 9.59 Å². The zero-order valence-electron chi connectivity index (χ0n) is 14.4. The first-order valence-corrected chi connectivity index (χ1v) is 8.93. The molecule has 8 heteroatoms. The predicted molar refractivity (Wildman–Crippen MR) is 108 cm³/mol. The van der Waals surface area contributed by atoms with Gasteiger partial charge in [0.15, 0.2) is 0 Å². The molecule has 2 amide bonds. The summed E-state index contributed by atoms with van der Waals surface area (Å²) in [4.78, 5) is 23.4. The normalized spacial score (nSPS) is 11.0. The van der Waals surface area contributed by atoms with Gasteiger partial charge in [-0.1, -0.05) is 47.5 Å². The van der Waals surface area contributed by atoms with E-state index in [2.05, 4.69) is 21.1 Å². The van der Waals surface area contributed by atoms with Crippen LogP contribution in [-0.2, 0) is 9.59 Å². The van der Waals surface area contributed by atoms with Crippen molar-refractivity contribution in [3.05, 3.63) is 69.7 Å². The van der Waals surface area contributed by atoms with Gasteiger partial charge in [0.1, 0.15) is 0 Å². The molecule has 140 valence electrons. The van der Waals surface area contributed by atoms with E-state index in [0.717, 1.165) is 11.1 Å². The summed E-state index contributed by atoms with van der Waals surface area (Å²) in [6.07, 6.45) is 3.75. The molecule has 0 heterocycles. The highest BCUT2D eigenvalue weighted by Crippen LogP contribution is 2.09. The van der Waals surface area contributed by atoms with Crippen LogP contribution in [-0.4, -0.2) is 24.2 Å². The Morgan fingerprint density at radius 1 is 0.815 bits per heavy atom. The summed E-state index contributed by atoms with van der Waals surface area (Å²) < 4.78 is 0. The van der Waals surface area contributed by atoms with Gasteiger partial charge in [-0.2, -0.15) is 10.2 Å². The molecule has 0 aliphatic heterocycles. The molecule has 2 rings (SSSR count). The molecule has 6 nitrogen and oxygen atoms in total. The Bertz CT molecular complexity index is 784. The number of nitrogens with zero attached hydrogens (tertiary/aromatic N) is 2. The lowest BCUT2D eigenvalue weighted by molar-refractivity contribution is -0.122. The van der Waals surface area contributed by atoms with Crippen LogP contribution < -0.4 is 10.9 Å². The lowest BCUT2D eigenvalue weighted by atomic mass is 10.2. The van der Waals surface area contributed by atoms with Crippen LogP contribution in [0.2, 0.25) is 10.0 Å². The van der Waals surface area contributed by atoms with Crippen LogP contribution in [0.5, 0.6) is 0 Å². The first-order valence-electron chi connectivity index (χ1n) is 8.18. The number of benzene rings is 2. The third-order valence-corrected chi connectivity index (χ3v) is 3.78. The summed E-state index contributed by atoms with van der Waals surface area (Å²) in [5.74, 6) is -0.549. The van der Waals surface area contributed by atoms with E-state index in [1.165, 1.54) is 12.4 Å². The van der Waals surface area contributed by atoms with E-state index in [4.69, 9.17) is 23.2 Å². The number of hydrazone groups is 2. The van der Waals surface area contributed by atoms with Gasteiger partial charge in [-0.15, -0.1) is 0 Å². The summed E-state index contributed by atoms with van der Waals surface area (Å²) >= 11 is 11.7. The van der Waals surface area contributed by atoms with Crippen molar-refractivity contribution in [1.82, 2.24) is 10.9 Å². The van der Waals surface area contributed by atoms with Crippen LogP contribution in [0.1, 0.15) is 30.4 Å². The molecular weight excluding hydrogens is 387 g/mol. The predicted octanol–water partition coefficient (Wildman–Crippen LogP) is 3.76. The van der Waals surface area contributed by atoms with Crippen LogP contribution in [0.4, 0.5) is 0 Å². The van der Waals surface area contributed by atoms with Gasteiger partial charge < -0.3 is 0 Å². The molecule has 27 heavy (non-hydrogen) atoms. The van der Waals surface area contributed by atoms with Crippen molar-refractivity contribution in [2.75, 3.05) is 0 Å². The second kappa shape index (κ2) is 11.1. The molecule has 0 unspecified atom stereocenters. The maximum Gasteiger partial charge on any atom is 0.240 e. The van der Waals surface area contributed by atoms with E-state index in [1.54, 1.807) is 36.4 Å². The summed E-state index contributed by atoms with van der Waals surface area (Å²) in [7, 11) is 0. The maximum absolute atomic E-state index is 11.7. The highest BCUT2D eigenvalue weighted by Gasteiger charge is 2.04. The molecule has 0 aliphatic rings. The van der Waals surface area contributed by atoms with E-state index in [-0.39, 0.29) is 24.7 Å². The second-order valence-corrected chi connectivity index (χ2v) is 6.42. The van der Waals surface area contributed by atoms with Crippen LogP contribution in [0, 0.1) is 0 Å². The smallest absolute Gasteiger partial charge is 0.240 e. The number of carbonyl (C=O) groups is 2. The van der Waals surface area contributed by atoms with Gasteiger partial charge in [-0.25, -0.2) is 10.9 Å². The van der Waals surface area contributed by atoms with Crippen molar-refractivity contribution in [2.45, 2.75) is 19.3 Å². The quantitative estimate of drug-likeness (QED) is 0.518. The summed E-state index contributed by atoms with van der Waals surface area (Å²) in [6, 6.07) is 14.2. The number of nitrogens with one attached hydrogen (secondary N) is 2. The summed E-state index contributed by atoms with van der Waals surface area (Å²) in [5, 5.41) is 8.89. The van der Waals surface area contributed by atoms with E-state index in [1.807, 2.05) is 12.1 Å². The summed E-state index contributed by atoms with van der Waals surface area (Å²) in [5.41, 5.74) is 6.37. The minimum Gasteiger partial charge on any atom is -0.273 e. The Morgan fingerprint density at radius 2 is 1.26 bits per heavy atom. The third kappa shape index (κ3) is 8.48. The van der Waals surface area contributed by atoms with Gasteiger partial charge in [0.25, 0.3) is 0 Å². The lowest BCUT2D eigenvalue weighted by Crippen LogP contribution is -2.20. The Morgan fingerprint density at radius 3 is 1.67 bits per heavy atom. The zero-order chi connectivity index (χ0) is 19.5. The molecule has 2 aromatic carbocycles. The molecule has 0 spiro atoms. The van der Waals surface area contributed by atoms with E-state index >= 15 is 0 Å². The molecule has 0 radical (unpaired) electrons. The fraction of sp³-hybridized carbons (Fsp3) is 0.158. The second-order valence-electron chi connectivity index (χ2n) is 5.55. The Hall–Kier alpha value is -2.70.